The van der Waals surface area contributed by atoms with E-state index in [0.29, 0.717) is 6.54 Å². The Morgan fingerprint density at radius 2 is 2.22 bits per heavy atom. The maximum Gasteiger partial charge on any atom is 0.318 e. The van der Waals surface area contributed by atoms with Crippen LogP contribution >= 0.6 is 0 Å². The number of rotatable bonds is 6. The van der Waals surface area contributed by atoms with Crippen molar-refractivity contribution in [1.82, 2.24) is 20.3 Å². The van der Waals surface area contributed by atoms with Crippen molar-refractivity contribution < 1.29 is 9.59 Å². The number of nitrogens with zero attached hydrogens (tertiary/aromatic N) is 3. The number of hydrogen-bond donors (Lipinski definition) is 3. The number of carbonyl (C=O) groups is 2. The summed E-state index contributed by atoms with van der Waals surface area (Å²) >= 11 is 0. The van der Waals surface area contributed by atoms with E-state index >= 15 is 0 Å². The first kappa shape index (κ1) is 14.1. The van der Waals surface area contributed by atoms with Gasteiger partial charge in [0.25, 0.3) is 5.91 Å². The predicted molar refractivity (Wildman–Crippen MR) is 64.5 cm³/mol. The Balaban J connectivity index is 2.56. The number of nitrogens with one attached hydrogen (secondary N) is 1. The molecule has 0 bridgehead atoms. The summed E-state index contributed by atoms with van der Waals surface area (Å²) in [6, 6.07) is -1.51. The molecule has 0 aromatic carbocycles. The fourth-order valence-corrected chi connectivity index (χ4v) is 1.41. The molecule has 1 heterocycles. The van der Waals surface area contributed by atoms with E-state index in [9.17, 15) is 9.59 Å². The summed E-state index contributed by atoms with van der Waals surface area (Å²) in [5.41, 5.74) is 11.1. The summed E-state index contributed by atoms with van der Waals surface area (Å²) in [5.74, 6) is -0.513. The zero-order valence-corrected chi connectivity index (χ0v) is 10.3. The van der Waals surface area contributed by atoms with Crippen LogP contribution in [0.1, 0.15) is 31.5 Å². The molecule has 0 aliphatic heterocycles. The average molecular weight is 254 g/mol. The summed E-state index contributed by atoms with van der Waals surface area (Å²) in [6.07, 6.45) is 4.30. The van der Waals surface area contributed by atoms with Crippen LogP contribution in [-0.4, -0.2) is 33.5 Å². The lowest BCUT2D eigenvalue weighted by Crippen LogP contribution is -2.39. The van der Waals surface area contributed by atoms with Crippen LogP contribution in [0.4, 0.5) is 4.79 Å². The first-order chi connectivity index (χ1) is 8.54. The lowest BCUT2D eigenvalue weighted by atomic mass is 10.2. The van der Waals surface area contributed by atoms with Crippen LogP contribution in [0.25, 0.3) is 0 Å². The maximum atomic E-state index is 11.5. The van der Waals surface area contributed by atoms with Gasteiger partial charge >= 0.3 is 6.03 Å². The summed E-state index contributed by atoms with van der Waals surface area (Å²) in [4.78, 5) is 22.1. The minimum atomic E-state index is -0.880. The minimum absolute atomic E-state index is 0.513. The van der Waals surface area contributed by atoms with Gasteiger partial charge in [0.05, 0.1) is 5.69 Å². The normalized spacial score (nSPS) is 12.1. The zero-order chi connectivity index (χ0) is 13.5. The Hall–Kier alpha value is -1.96. The van der Waals surface area contributed by atoms with Crippen molar-refractivity contribution >= 4 is 11.9 Å². The SMILES string of the molecule is CC(C(=O)NC(N)=O)n1cc(CCCCN)nn1. The highest BCUT2D eigenvalue weighted by molar-refractivity contribution is 5.95. The van der Waals surface area contributed by atoms with E-state index in [1.54, 1.807) is 13.1 Å². The number of aromatic nitrogens is 3. The molecule has 8 heteroatoms. The Bertz CT molecular complexity index is 416. The molecule has 1 atom stereocenters. The zero-order valence-electron chi connectivity index (χ0n) is 10.3. The van der Waals surface area contributed by atoms with Crippen molar-refractivity contribution in [3.05, 3.63) is 11.9 Å². The molecule has 18 heavy (non-hydrogen) atoms. The molecule has 1 aromatic heterocycles. The first-order valence-corrected chi connectivity index (χ1v) is 5.75. The van der Waals surface area contributed by atoms with Crippen LogP contribution in [0.3, 0.4) is 0 Å². The number of urea groups is 1. The van der Waals surface area contributed by atoms with E-state index in [1.165, 1.54) is 4.68 Å². The second kappa shape index (κ2) is 6.70. The van der Waals surface area contributed by atoms with Gasteiger partial charge in [-0.05, 0) is 32.7 Å². The number of unbranched alkanes of at least 4 members (excludes halogenated alkanes) is 1. The molecule has 1 rings (SSSR count). The molecule has 1 aromatic rings. The van der Waals surface area contributed by atoms with Gasteiger partial charge in [-0.3, -0.25) is 10.1 Å². The Labute approximate surface area is 105 Å². The largest absolute Gasteiger partial charge is 0.351 e. The molecule has 100 valence electrons. The molecule has 5 N–H and O–H groups in total. The van der Waals surface area contributed by atoms with Gasteiger partial charge < -0.3 is 11.5 Å². The molecule has 0 spiro atoms. The van der Waals surface area contributed by atoms with Crippen LogP contribution in [0, 0.1) is 0 Å². The summed E-state index contributed by atoms with van der Waals surface area (Å²) in [5, 5.41) is 9.79. The maximum absolute atomic E-state index is 11.5. The van der Waals surface area contributed by atoms with Crippen LogP contribution in [0.2, 0.25) is 0 Å². The number of primary amides is 1. The molecule has 0 radical (unpaired) electrons. The van der Waals surface area contributed by atoms with Gasteiger partial charge in [0.1, 0.15) is 6.04 Å². The van der Waals surface area contributed by atoms with Gasteiger partial charge in [0.15, 0.2) is 0 Å². The van der Waals surface area contributed by atoms with Gasteiger partial charge in [0, 0.05) is 6.20 Å². The Morgan fingerprint density at radius 1 is 1.50 bits per heavy atom. The van der Waals surface area contributed by atoms with Crippen molar-refractivity contribution in [3.8, 4) is 0 Å². The number of hydrogen-bond acceptors (Lipinski definition) is 5. The van der Waals surface area contributed by atoms with Crippen molar-refractivity contribution in [3.63, 3.8) is 0 Å². The molecule has 8 nitrogen and oxygen atoms in total. The number of nitrogens with two attached hydrogens (primary N) is 2. The van der Waals surface area contributed by atoms with E-state index in [1.807, 2.05) is 5.32 Å². The van der Waals surface area contributed by atoms with E-state index in [0.717, 1.165) is 25.0 Å². The van der Waals surface area contributed by atoms with Gasteiger partial charge in [-0.15, -0.1) is 5.10 Å². The Kier molecular flexibility index (Phi) is 5.25. The van der Waals surface area contributed by atoms with Crippen LogP contribution in [0.15, 0.2) is 6.20 Å². The molecule has 0 aliphatic rings. The van der Waals surface area contributed by atoms with Crippen molar-refractivity contribution in [2.24, 2.45) is 11.5 Å². The lowest BCUT2D eigenvalue weighted by molar-refractivity contribution is -0.123. The number of imide groups is 1. The lowest BCUT2D eigenvalue weighted by Gasteiger charge is -2.09. The molecular weight excluding hydrogens is 236 g/mol. The second-order valence-electron chi connectivity index (χ2n) is 3.97. The quantitative estimate of drug-likeness (QED) is 0.579. The topological polar surface area (TPSA) is 129 Å². The predicted octanol–water partition coefficient (Wildman–Crippen LogP) is -0.685. The first-order valence-electron chi connectivity index (χ1n) is 5.75. The smallest absolute Gasteiger partial charge is 0.318 e. The van der Waals surface area contributed by atoms with Crippen molar-refractivity contribution in [1.29, 1.82) is 0 Å². The monoisotopic (exact) mass is 254 g/mol. The fourth-order valence-electron chi connectivity index (χ4n) is 1.41. The highest BCUT2D eigenvalue weighted by atomic mass is 16.2. The number of amides is 3. The third-order valence-corrected chi connectivity index (χ3v) is 2.47. The molecule has 1 unspecified atom stereocenters. The molecule has 0 fully saturated rings. The fraction of sp³-hybridized carbons (Fsp3) is 0.600. The van der Waals surface area contributed by atoms with E-state index in [-0.39, 0.29) is 0 Å². The molecule has 0 saturated heterocycles. The van der Waals surface area contributed by atoms with Gasteiger partial charge in [-0.25, -0.2) is 9.48 Å². The molecule has 3 amide bonds. The number of aryl methyl sites for hydroxylation is 1. The molecule has 0 saturated carbocycles. The Morgan fingerprint density at radius 3 is 2.83 bits per heavy atom. The number of carbonyl (C=O) groups excluding carboxylic acids is 2. The summed E-state index contributed by atoms with van der Waals surface area (Å²) in [7, 11) is 0. The third kappa shape index (κ3) is 4.13. The molecular formula is C10H18N6O2. The van der Waals surface area contributed by atoms with Gasteiger partial charge in [-0.1, -0.05) is 5.21 Å². The van der Waals surface area contributed by atoms with Gasteiger partial charge in [-0.2, -0.15) is 0 Å². The minimum Gasteiger partial charge on any atom is -0.351 e. The standard InChI is InChI=1S/C10H18N6O2/c1-7(9(17)13-10(12)18)16-6-8(14-15-16)4-2-3-5-11/h6-7H,2-5,11H2,1H3,(H3,12,13,17,18). The second-order valence-corrected chi connectivity index (χ2v) is 3.97. The van der Waals surface area contributed by atoms with E-state index in [4.69, 9.17) is 11.5 Å². The highest BCUT2D eigenvalue weighted by Crippen LogP contribution is 2.06. The van der Waals surface area contributed by atoms with Crippen LogP contribution < -0.4 is 16.8 Å². The molecule has 0 aliphatic carbocycles. The summed E-state index contributed by atoms with van der Waals surface area (Å²) in [6.45, 7) is 2.25. The summed E-state index contributed by atoms with van der Waals surface area (Å²) < 4.78 is 1.40. The van der Waals surface area contributed by atoms with E-state index in [2.05, 4.69) is 10.3 Å². The van der Waals surface area contributed by atoms with Crippen molar-refractivity contribution in [2.45, 2.75) is 32.2 Å². The van der Waals surface area contributed by atoms with Gasteiger partial charge in [0.2, 0.25) is 0 Å². The highest BCUT2D eigenvalue weighted by Gasteiger charge is 2.17. The van der Waals surface area contributed by atoms with Crippen molar-refractivity contribution in [2.75, 3.05) is 6.54 Å². The average Bonchev–Trinajstić information content (AvgIpc) is 2.76. The van der Waals surface area contributed by atoms with Crippen LogP contribution in [-0.2, 0) is 11.2 Å². The third-order valence-electron chi connectivity index (χ3n) is 2.47. The van der Waals surface area contributed by atoms with E-state index < -0.39 is 18.0 Å². The van der Waals surface area contributed by atoms with Crippen LogP contribution in [0.5, 0.6) is 0 Å².